The van der Waals surface area contributed by atoms with E-state index in [0.29, 0.717) is 11.2 Å². The summed E-state index contributed by atoms with van der Waals surface area (Å²) >= 11 is 0. The Labute approximate surface area is 112 Å². The number of halogens is 3. The number of imidazole rings is 1. The van der Waals surface area contributed by atoms with Gasteiger partial charge in [-0.3, -0.25) is 4.79 Å². The zero-order chi connectivity index (χ0) is 14.9. The van der Waals surface area contributed by atoms with Gasteiger partial charge in [0.25, 0.3) is 0 Å². The van der Waals surface area contributed by atoms with Crippen molar-refractivity contribution in [2.75, 3.05) is 5.73 Å². The largest absolute Gasteiger partial charge is 0.449 e. The Balaban J connectivity index is 2.45. The minimum atomic E-state index is -4.57. The number of nitrogen functional groups attached to an aromatic ring is 1. The summed E-state index contributed by atoms with van der Waals surface area (Å²) in [5.41, 5.74) is 11.4. The number of nitrogens with two attached hydrogens (primary N) is 2. The molecule has 1 aromatic carbocycles. The molecule has 0 radical (unpaired) electrons. The van der Waals surface area contributed by atoms with E-state index in [-0.39, 0.29) is 24.9 Å². The fourth-order valence-corrected chi connectivity index (χ4v) is 2.00. The fraction of sp³-hybridized carbons (Fsp3) is 0.333. The molecule has 5 nitrogen and oxygen atoms in total. The predicted molar refractivity (Wildman–Crippen MR) is 67.6 cm³/mol. The number of benzene rings is 1. The second kappa shape index (κ2) is 5.03. The molecule has 20 heavy (non-hydrogen) atoms. The molecule has 0 saturated carbocycles. The maximum atomic E-state index is 13.0. The number of anilines is 1. The topological polar surface area (TPSA) is 86.9 Å². The van der Waals surface area contributed by atoms with Crippen LogP contribution in [-0.2, 0) is 17.5 Å². The second-order valence-electron chi connectivity index (χ2n) is 4.40. The van der Waals surface area contributed by atoms with Gasteiger partial charge in [0.1, 0.15) is 0 Å². The molecule has 1 heterocycles. The molecule has 8 heteroatoms. The summed E-state index contributed by atoms with van der Waals surface area (Å²) in [4.78, 5) is 14.3. The number of aryl methyl sites for hydroxylation is 1. The van der Waals surface area contributed by atoms with Crippen molar-refractivity contribution >= 4 is 22.6 Å². The quantitative estimate of drug-likeness (QED) is 0.841. The lowest BCUT2D eigenvalue weighted by Gasteiger charge is -2.10. The summed E-state index contributed by atoms with van der Waals surface area (Å²) in [5.74, 6) is -1.55. The smallest absolute Gasteiger partial charge is 0.399 e. The van der Waals surface area contributed by atoms with Gasteiger partial charge in [-0.1, -0.05) is 0 Å². The number of carbonyl (C=O) groups excluding carboxylic acids is 1. The van der Waals surface area contributed by atoms with E-state index in [1.807, 2.05) is 0 Å². The summed E-state index contributed by atoms with van der Waals surface area (Å²) in [7, 11) is 0. The van der Waals surface area contributed by atoms with E-state index in [0.717, 1.165) is 4.57 Å². The summed E-state index contributed by atoms with van der Waals surface area (Å²) in [6.45, 7) is 0.0121. The minimum absolute atomic E-state index is 0.0121. The van der Waals surface area contributed by atoms with Crippen LogP contribution >= 0.6 is 0 Å². The van der Waals surface area contributed by atoms with Crippen LogP contribution in [0.4, 0.5) is 18.9 Å². The van der Waals surface area contributed by atoms with Crippen molar-refractivity contribution in [2.24, 2.45) is 5.73 Å². The molecule has 4 N–H and O–H groups in total. The highest BCUT2D eigenvalue weighted by Crippen LogP contribution is 2.32. The lowest BCUT2D eigenvalue weighted by atomic mass is 10.2. The molecule has 0 aliphatic heterocycles. The molecule has 0 fully saturated rings. The third-order valence-electron chi connectivity index (χ3n) is 2.83. The van der Waals surface area contributed by atoms with Crippen molar-refractivity contribution in [3.63, 3.8) is 0 Å². The molecule has 1 aromatic heterocycles. The number of rotatable bonds is 4. The first-order valence-electron chi connectivity index (χ1n) is 5.90. The first kappa shape index (κ1) is 14.2. The number of amides is 1. The van der Waals surface area contributed by atoms with E-state index in [2.05, 4.69) is 4.98 Å². The van der Waals surface area contributed by atoms with E-state index in [4.69, 9.17) is 11.5 Å². The van der Waals surface area contributed by atoms with Gasteiger partial charge in [-0.05, 0) is 24.6 Å². The predicted octanol–water partition coefficient (Wildman–Crippen LogP) is 1.90. The Kier molecular flexibility index (Phi) is 3.56. The van der Waals surface area contributed by atoms with Crippen LogP contribution in [0.2, 0.25) is 0 Å². The van der Waals surface area contributed by atoms with Crippen molar-refractivity contribution < 1.29 is 18.0 Å². The van der Waals surface area contributed by atoms with Gasteiger partial charge in [-0.25, -0.2) is 4.98 Å². The third-order valence-corrected chi connectivity index (χ3v) is 2.83. The molecular formula is C12H13F3N4O. The van der Waals surface area contributed by atoms with Gasteiger partial charge in [-0.15, -0.1) is 0 Å². The van der Waals surface area contributed by atoms with Crippen molar-refractivity contribution in [1.82, 2.24) is 9.55 Å². The van der Waals surface area contributed by atoms with Gasteiger partial charge in [0, 0.05) is 18.7 Å². The maximum absolute atomic E-state index is 13.0. The first-order valence-corrected chi connectivity index (χ1v) is 5.90. The normalized spacial score (nSPS) is 11.9. The second-order valence-corrected chi connectivity index (χ2v) is 4.40. The number of aromatic nitrogens is 2. The summed E-state index contributed by atoms with van der Waals surface area (Å²) < 4.78 is 39.9. The van der Waals surface area contributed by atoms with Crippen molar-refractivity contribution in [3.05, 3.63) is 24.0 Å². The molecule has 0 spiro atoms. The summed E-state index contributed by atoms with van der Waals surface area (Å²) in [6, 6.07) is 4.38. The Morgan fingerprint density at radius 1 is 1.35 bits per heavy atom. The molecule has 0 unspecified atom stereocenters. The highest BCUT2D eigenvalue weighted by molar-refractivity contribution is 5.80. The van der Waals surface area contributed by atoms with Crippen LogP contribution in [0.5, 0.6) is 0 Å². The number of carbonyl (C=O) groups is 1. The highest BCUT2D eigenvalue weighted by atomic mass is 19.4. The zero-order valence-electron chi connectivity index (χ0n) is 10.4. The van der Waals surface area contributed by atoms with Crippen LogP contribution in [0, 0.1) is 0 Å². The minimum Gasteiger partial charge on any atom is -0.399 e. The monoisotopic (exact) mass is 286 g/mol. The van der Waals surface area contributed by atoms with Crippen LogP contribution in [-0.4, -0.2) is 15.5 Å². The Morgan fingerprint density at radius 3 is 2.65 bits per heavy atom. The van der Waals surface area contributed by atoms with Gasteiger partial charge in [-0.2, -0.15) is 13.2 Å². The number of fused-ring (bicyclic) bond motifs is 1. The van der Waals surface area contributed by atoms with Crippen LogP contribution in [0.25, 0.3) is 11.0 Å². The lowest BCUT2D eigenvalue weighted by Crippen LogP contribution is -2.17. The zero-order valence-corrected chi connectivity index (χ0v) is 10.4. The van der Waals surface area contributed by atoms with Crippen molar-refractivity contribution in [1.29, 1.82) is 0 Å². The summed E-state index contributed by atoms with van der Waals surface area (Å²) in [6.07, 6.45) is -4.33. The molecule has 0 bridgehead atoms. The third kappa shape index (κ3) is 2.84. The average molecular weight is 286 g/mol. The Morgan fingerprint density at radius 2 is 2.05 bits per heavy atom. The molecule has 2 aromatic rings. The van der Waals surface area contributed by atoms with Crippen LogP contribution in [0.15, 0.2) is 18.2 Å². The summed E-state index contributed by atoms with van der Waals surface area (Å²) in [5, 5.41) is 0. The molecule has 0 atom stereocenters. The van der Waals surface area contributed by atoms with E-state index >= 15 is 0 Å². The fourth-order valence-electron chi connectivity index (χ4n) is 2.00. The van der Waals surface area contributed by atoms with Gasteiger partial charge < -0.3 is 16.0 Å². The van der Waals surface area contributed by atoms with E-state index < -0.39 is 17.9 Å². The average Bonchev–Trinajstić information content (AvgIpc) is 2.66. The molecule has 0 aliphatic carbocycles. The highest BCUT2D eigenvalue weighted by Gasteiger charge is 2.37. The van der Waals surface area contributed by atoms with Crippen LogP contribution in [0.1, 0.15) is 18.7 Å². The number of hydrogen-bond donors (Lipinski definition) is 2. The standard InChI is InChI=1S/C12H13F3N4O/c13-12(14,15)11-18-8-6-7(16)3-4-9(8)19(11)5-1-2-10(17)20/h3-4,6H,1-2,5,16H2,(H2,17,20). The number of primary amides is 1. The number of nitrogens with zero attached hydrogens (tertiary/aromatic N) is 2. The van der Waals surface area contributed by atoms with Gasteiger partial charge in [0.15, 0.2) is 0 Å². The van der Waals surface area contributed by atoms with E-state index in [9.17, 15) is 18.0 Å². The van der Waals surface area contributed by atoms with Crippen molar-refractivity contribution in [2.45, 2.75) is 25.6 Å². The van der Waals surface area contributed by atoms with Gasteiger partial charge in [0.2, 0.25) is 11.7 Å². The number of hydrogen-bond acceptors (Lipinski definition) is 3. The molecule has 0 saturated heterocycles. The lowest BCUT2D eigenvalue weighted by molar-refractivity contribution is -0.146. The van der Waals surface area contributed by atoms with Crippen molar-refractivity contribution in [3.8, 4) is 0 Å². The number of alkyl halides is 3. The first-order chi connectivity index (χ1) is 9.29. The molecule has 108 valence electrons. The van der Waals surface area contributed by atoms with Crippen LogP contribution < -0.4 is 11.5 Å². The Bertz CT molecular complexity index is 648. The van der Waals surface area contributed by atoms with Gasteiger partial charge >= 0.3 is 6.18 Å². The maximum Gasteiger partial charge on any atom is 0.449 e. The molecular weight excluding hydrogens is 273 g/mol. The molecule has 1 amide bonds. The molecule has 0 aliphatic rings. The Hall–Kier alpha value is -2.25. The molecule has 2 rings (SSSR count). The van der Waals surface area contributed by atoms with E-state index in [1.165, 1.54) is 18.2 Å². The van der Waals surface area contributed by atoms with Gasteiger partial charge in [0.05, 0.1) is 11.0 Å². The van der Waals surface area contributed by atoms with E-state index in [1.54, 1.807) is 0 Å². The van der Waals surface area contributed by atoms with Crippen LogP contribution in [0.3, 0.4) is 0 Å². The SMILES string of the molecule is NC(=O)CCCn1c(C(F)(F)F)nc2cc(N)ccc21.